The minimum absolute atomic E-state index is 0.117. The third-order valence-electron chi connectivity index (χ3n) is 2.51. The molecule has 1 N–H and O–H groups in total. The van der Waals surface area contributed by atoms with Crippen molar-refractivity contribution in [1.82, 2.24) is 14.9 Å². The van der Waals surface area contributed by atoms with Gasteiger partial charge in [0.2, 0.25) is 0 Å². The highest BCUT2D eigenvalue weighted by Crippen LogP contribution is 2.18. The molecule has 21 heavy (non-hydrogen) atoms. The number of amides is 1. The standard InChI is InChI=1S/C12H13N3O4S2/c1-7-12(8(2)19-14-7)21(17,18)15-11(16)5-4-10-6-20-9(3)13-10/h4-6H,1-3H3,(H,15,16). The SMILES string of the molecule is Cc1nc(C=CC(=O)NS(=O)(=O)c2c(C)noc2C)cs1. The van der Waals surface area contributed by atoms with Crippen molar-refractivity contribution in [2.75, 3.05) is 0 Å². The lowest BCUT2D eigenvalue weighted by Crippen LogP contribution is -2.29. The van der Waals surface area contributed by atoms with Gasteiger partial charge < -0.3 is 4.52 Å². The molecule has 7 nitrogen and oxygen atoms in total. The normalized spacial score (nSPS) is 12.0. The second-order valence-corrected chi connectivity index (χ2v) is 6.93. The van der Waals surface area contributed by atoms with Crippen molar-refractivity contribution in [2.45, 2.75) is 25.7 Å². The molecule has 9 heteroatoms. The average molecular weight is 327 g/mol. The number of carbonyl (C=O) groups is 1. The van der Waals surface area contributed by atoms with E-state index in [1.807, 2.05) is 11.6 Å². The zero-order valence-corrected chi connectivity index (χ0v) is 13.2. The van der Waals surface area contributed by atoms with Crippen LogP contribution in [0.4, 0.5) is 0 Å². The molecule has 112 valence electrons. The van der Waals surface area contributed by atoms with Gasteiger partial charge in [0.1, 0.15) is 5.69 Å². The minimum atomic E-state index is -4.00. The Hall–Kier alpha value is -2.00. The summed E-state index contributed by atoms with van der Waals surface area (Å²) in [4.78, 5) is 15.7. The van der Waals surface area contributed by atoms with Crippen LogP contribution in [0.25, 0.3) is 6.08 Å². The highest BCUT2D eigenvalue weighted by molar-refractivity contribution is 7.90. The van der Waals surface area contributed by atoms with Crippen molar-refractivity contribution < 1.29 is 17.7 Å². The van der Waals surface area contributed by atoms with Gasteiger partial charge in [-0.15, -0.1) is 11.3 Å². The van der Waals surface area contributed by atoms with Crippen LogP contribution in [-0.2, 0) is 14.8 Å². The largest absolute Gasteiger partial charge is 0.360 e. The van der Waals surface area contributed by atoms with Crippen LogP contribution in [0.1, 0.15) is 22.2 Å². The molecule has 0 aliphatic carbocycles. The lowest BCUT2D eigenvalue weighted by Gasteiger charge is -2.03. The van der Waals surface area contributed by atoms with Crippen LogP contribution in [0.5, 0.6) is 0 Å². The van der Waals surface area contributed by atoms with Gasteiger partial charge in [-0.2, -0.15) is 0 Å². The molecular formula is C12H13N3O4S2. The fraction of sp³-hybridized carbons (Fsp3) is 0.250. The maximum atomic E-state index is 12.1. The Morgan fingerprint density at radius 1 is 1.38 bits per heavy atom. The first-order chi connectivity index (χ1) is 9.79. The van der Waals surface area contributed by atoms with Gasteiger partial charge in [0.15, 0.2) is 10.7 Å². The number of sulfonamides is 1. The molecule has 0 spiro atoms. The van der Waals surface area contributed by atoms with Crippen LogP contribution in [0.3, 0.4) is 0 Å². The third kappa shape index (κ3) is 3.56. The molecule has 0 fully saturated rings. The minimum Gasteiger partial charge on any atom is -0.360 e. The van der Waals surface area contributed by atoms with Crippen LogP contribution in [0.2, 0.25) is 0 Å². The molecule has 2 heterocycles. The Kier molecular flexibility index (Phi) is 4.24. The van der Waals surface area contributed by atoms with Gasteiger partial charge >= 0.3 is 0 Å². The fourth-order valence-corrected chi connectivity index (χ4v) is 3.55. The van der Waals surface area contributed by atoms with Gasteiger partial charge in [-0.25, -0.2) is 18.1 Å². The van der Waals surface area contributed by atoms with Crippen LogP contribution in [0, 0.1) is 20.8 Å². The number of nitrogens with zero attached hydrogens (tertiary/aromatic N) is 2. The van der Waals surface area contributed by atoms with E-state index in [2.05, 4.69) is 10.1 Å². The Bertz CT molecular complexity index is 783. The van der Waals surface area contributed by atoms with E-state index in [1.165, 1.54) is 31.3 Å². The van der Waals surface area contributed by atoms with Crippen molar-refractivity contribution in [3.05, 3.63) is 33.6 Å². The number of nitrogens with one attached hydrogen (secondary N) is 1. The third-order valence-corrected chi connectivity index (χ3v) is 4.90. The van der Waals surface area contributed by atoms with Gasteiger partial charge in [-0.3, -0.25) is 4.79 Å². The van der Waals surface area contributed by atoms with E-state index in [0.717, 1.165) is 11.1 Å². The molecule has 0 saturated carbocycles. The summed E-state index contributed by atoms with van der Waals surface area (Å²) in [6.07, 6.45) is 2.56. The van der Waals surface area contributed by atoms with Crippen LogP contribution in [-0.4, -0.2) is 24.5 Å². The lowest BCUT2D eigenvalue weighted by atomic mass is 10.4. The van der Waals surface area contributed by atoms with Crippen molar-refractivity contribution >= 4 is 33.3 Å². The number of aromatic nitrogens is 2. The number of thiazole rings is 1. The molecule has 0 aromatic carbocycles. The van der Waals surface area contributed by atoms with Crippen LogP contribution in [0.15, 0.2) is 20.9 Å². The Morgan fingerprint density at radius 2 is 2.10 bits per heavy atom. The van der Waals surface area contributed by atoms with Gasteiger partial charge in [0.05, 0.1) is 10.7 Å². The smallest absolute Gasteiger partial charge is 0.269 e. The first-order valence-corrected chi connectivity index (χ1v) is 8.26. The highest BCUT2D eigenvalue weighted by atomic mass is 32.2. The molecule has 0 saturated heterocycles. The lowest BCUT2D eigenvalue weighted by molar-refractivity contribution is -0.114. The highest BCUT2D eigenvalue weighted by Gasteiger charge is 2.25. The van der Waals surface area contributed by atoms with E-state index in [-0.39, 0.29) is 16.3 Å². The summed E-state index contributed by atoms with van der Waals surface area (Å²) in [5.41, 5.74) is 0.800. The predicted octanol–water partition coefficient (Wildman–Crippen LogP) is 1.57. The molecule has 2 aromatic rings. The predicted molar refractivity (Wildman–Crippen MR) is 77.2 cm³/mol. The molecule has 0 atom stereocenters. The second-order valence-electron chi connectivity index (χ2n) is 4.25. The summed E-state index contributed by atoms with van der Waals surface area (Å²) in [5, 5.41) is 6.18. The van der Waals surface area contributed by atoms with Gasteiger partial charge in [-0.05, 0) is 26.8 Å². The van der Waals surface area contributed by atoms with E-state index in [0.29, 0.717) is 5.69 Å². The summed E-state index contributed by atoms with van der Waals surface area (Å²) in [6, 6.07) is 0. The average Bonchev–Trinajstić information content (AvgIpc) is 2.93. The Morgan fingerprint density at radius 3 is 2.62 bits per heavy atom. The van der Waals surface area contributed by atoms with Gasteiger partial charge in [-0.1, -0.05) is 5.16 Å². The van der Waals surface area contributed by atoms with Gasteiger partial charge in [0.25, 0.3) is 15.9 Å². The number of carbonyl (C=O) groups excluding carboxylic acids is 1. The van der Waals surface area contributed by atoms with Crippen LogP contribution < -0.4 is 4.72 Å². The number of hydrogen-bond donors (Lipinski definition) is 1. The van der Waals surface area contributed by atoms with E-state index in [1.54, 1.807) is 5.38 Å². The summed E-state index contributed by atoms with van der Waals surface area (Å²) < 4.78 is 30.9. The quantitative estimate of drug-likeness (QED) is 0.855. The number of rotatable bonds is 4. The molecule has 0 aliphatic rings. The molecule has 0 bridgehead atoms. The monoisotopic (exact) mass is 327 g/mol. The molecule has 0 aliphatic heterocycles. The Labute approximate surface area is 125 Å². The molecule has 2 aromatic heterocycles. The summed E-state index contributed by atoms with van der Waals surface area (Å²) in [5.74, 6) is -0.632. The van der Waals surface area contributed by atoms with Crippen molar-refractivity contribution in [2.24, 2.45) is 0 Å². The summed E-state index contributed by atoms with van der Waals surface area (Å²) in [7, 11) is -4.00. The van der Waals surface area contributed by atoms with E-state index in [4.69, 9.17) is 4.52 Å². The van der Waals surface area contributed by atoms with Crippen molar-refractivity contribution in [1.29, 1.82) is 0 Å². The topological polar surface area (TPSA) is 102 Å². The zero-order chi connectivity index (χ0) is 15.6. The first-order valence-electron chi connectivity index (χ1n) is 5.89. The zero-order valence-electron chi connectivity index (χ0n) is 11.6. The molecule has 0 unspecified atom stereocenters. The molecule has 0 radical (unpaired) electrons. The maximum Gasteiger partial charge on any atom is 0.269 e. The van der Waals surface area contributed by atoms with Gasteiger partial charge in [0, 0.05) is 11.5 Å². The number of aryl methyl sites for hydroxylation is 3. The van der Waals surface area contributed by atoms with Crippen molar-refractivity contribution in [3.63, 3.8) is 0 Å². The van der Waals surface area contributed by atoms with E-state index >= 15 is 0 Å². The number of hydrogen-bond acceptors (Lipinski definition) is 7. The molecule has 2 rings (SSSR count). The first kappa shape index (κ1) is 15.4. The van der Waals surface area contributed by atoms with Crippen molar-refractivity contribution in [3.8, 4) is 0 Å². The molecular weight excluding hydrogens is 314 g/mol. The summed E-state index contributed by atoms with van der Waals surface area (Å²) >= 11 is 1.44. The molecule has 1 amide bonds. The van der Waals surface area contributed by atoms with Crippen LogP contribution >= 0.6 is 11.3 Å². The van der Waals surface area contributed by atoms with E-state index < -0.39 is 15.9 Å². The second kappa shape index (κ2) is 5.78. The van der Waals surface area contributed by atoms with E-state index in [9.17, 15) is 13.2 Å². The Balaban J connectivity index is 2.14. The maximum absolute atomic E-state index is 12.1. The summed E-state index contributed by atoms with van der Waals surface area (Å²) in [6.45, 7) is 4.79. The fourth-order valence-electron chi connectivity index (χ4n) is 1.69.